The first-order valence-electron chi connectivity index (χ1n) is 9.18. The summed E-state index contributed by atoms with van der Waals surface area (Å²) in [5.74, 6) is 0.919. The number of benzene rings is 1. The van der Waals surface area contributed by atoms with Gasteiger partial charge in [-0.15, -0.1) is 0 Å². The van der Waals surface area contributed by atoms with Crippen molar-refractivity contribution in [1.29, 1.82) is 0 Å². The van der Waals surface area contributed by atoms with E-state index < -0.39 is 10.0 Å². The molecule has 144 valence electrons. The summed E-state index contributed by atoms with van der Waals surface area (Å²) < 4.78 is 32.5. The SMILES string of the molecule is CC1CCCN(S(=O)(=O)c2ccc(CN=C(N)N3CCOCC3)cc2)C1. The van der Waals surface area contributed by atoms with E-state index in [1.165, 1.54) is 0 Å². The Morgan fingerprint density at radius 1 is 1.23 bits per heavy atom. The maximum Gasteiger partial charge on any atom is 0.243 e. The lowest BCUT2D eigenvalue weighted by Crippen LogP contribution is -2.44. The molecule has 8 heteroatoms. The third-order valence-corrected chi connectivity index (χ3v) is 6.82. The van der Waals surface area contributed by atoms with Gasteiger partial charge in [0.05, 0.1) is 24.7 Å². The Morgan fingerprint density at radius 3 is 2.58 bits per heavy atom. The van der Waals surface area contributed by atoms with Crippen molar-refractivity contribution in [3.63, 3.8) is 0 Å². The molecule has 2 fully saturated rings. The van der Waals surface area contributed by atoms with Crippen LogP contribution >= 0.6 is 0 Å². The fourth-order valence-electron chi connectivity index (χ4n) is 3.35. The van der Waals surface area contributed by atoms with Crippen LogP contribution in [0.25, 0.3) is 0 Å². The fraction of sp³-hybridized carbons (Fsp3) is 0.611. The Balaban J connectivity index is 1.64. The zero-order valence-corrected chi connectivity index (χ0v) is 16.1. The van der Waals surface area contributed by atoms with Crippen molar-refractivity contribution in [3.05, 3.63) is 29.8 Å². The van der Waals surface area contributed by atoms with E-state index in [-0.39, 0.29) is 0 Å². The van der Waals surface area contributed by atoms with Gasteiger partial charge in [-0.05, 0) is 36.5 Å². The molecule has 2 aliphatic rings. The number of ether oxygens (including phenoxy) is 1. The number of aliphatic imine (C=N–C) groups is 1. The molecule has 1 aromatic carbocycles. The first-order chi connectivity index (χ1) is 12.5. The summed E-state index contributed by atoms with van der Waals surface area (Å²) in [6.07, 6.45) is 2.02. The van der Waals surface area contributed by atoms with Crippen molar-refractivity contribution in [2.24, 2.45) is 16.6 Å². The molecule has 0 saturated carbocycles. The van der Waals surface area contributed by atoms with E-state index in [4.69, 9.17) is 10.5 Å². The van der Waals surface area contributed by atoms with Gasteiger partial charge in [-0.2, -0.15) is 4.31 Å². The van der Waals surface area contributed by atoms with Crippen LogP contribution in [-0.2, 0) is 21.3 Å². The zero-order valence-electron chi connectivity index (χ0n) is 15.3. The molecule has 1 unspecified atom stereocenters. The van der Waals surface area contributed by atoms with E-state index in [0.717, 1.165) is 31.5 Å². The van der Waals surface area contributed by atoms with Crippen LogP contribution in [0.1, 0.15) is 25.3 Å². The minimum absolute atomic E-state index is 0.348. The highest BCUT2D eigenvalue weighted by molar-refractivity contribution is 7.89. The van der Waals surface area contributed by atoms with Crippen LogP contribution < -0.4 is 5.73 Å². The highest BCUT2D eigenvalue weighted by atomic mass is 32.2. The lowest BCUT2D eigenvalue weighted by molar-refractivity contribution is 0.0674. The number of guanidine groups is 1. The number of hydrogen-bond acceptors (Lipinski definition) is 4. The normalized spacial score (nSPS) is 23.2. The molecule has 0 amide bonds. The molecule has 2 N–H and O–H groups in total. The van der Waals surface area contributed by atoms with Crippen molar-refractivity contribution in [1.82, 2.24) is 9.21 Å². The van der Waals surface area contributed by atoms with Crippen LogP contribution in [0.15, 0.2) is 34.2 Å². The number of morpholine rings is 1. The molecule has 3 rings (SSSR count). The molecule has 0 spiro atoms. The molecule has 0 aromatic heterocycles. The van der Waals surface area contributed by atoms with Crippen LogP contribution in [0, 0.1) is 5.92 Å². The molecule has 2 saturated heterocycles. The van der Waals surface area contributed by atoms with Gasteiger partial charge >= 0.3 is 0 Å². The number of hydrogen-bond donors (Lipinski definition) is 1. The molecular formula is C18H28N4O3S. The van der Waals surface area contributed by atoms with Crippen molar-refractivity contribution < 1.29 is 13.2 Å². The zero-order chi connectivity index (χ0) is 18.6. The smallest absolute Gasteiger partial charge is 0.243 e. The molecule has 1 aromatic rings. The Hall–Kier alpha value is -1.64. The van der Waals surface area contributed by atoms with Gasteiger partial charge in [0.25, 0.3) is 0 Å². The molecule has 2 aliphatic heterocycles. The Morgan fingerprint density at radius 2 is 1.92 bits per heavy atom. The second kappa shape index (κ2) is 8.37. The van der Waals surface area contributed by atoms with Crippen LogP contribution in [0.5, 0.6) is 0 Å². The third kappa shape index (κ3) is 4.55. The summed E-state index contributed by atoms with van der Waals surface area (Å²) in [5, 5.41) is 0. The standard InChI is InChI=1S/C18H28N4O3S/c1-15-3-2-8-22(14-15)26(23,24)17-6-4-16(5-7-17)13-20-18(19)21-9-11-25-12-10-21/h4-7,15H,2-3,8-14H2,1H3,(H2,19,20). The molecule has 0 radical (unpaired) electrons. The van der Waals surface area contributed by atoms with Gasteiger partial charge in [-0.1, -0.05) is 19.1 Å². The minimum atomic E-state index is -3.41. The van der Waals surface area contributed by atoms with E-state index in [1.54, 1.807) is 16.4 Å². The summed E-state index contributed by atoms with van der Waals surface area (Å²) in [6, 6.07) is 6.97. The molecule has 7 nitrogen and oxygen atoms in total. The van der Waals surface area contributed by atoms with Gasteiger partial charge < -0.3 is 15.4 Å². The van der Waals surface area contributed by atoms with Gasteiger partial charge in [0, 0.05) is 26.2 Å². The van der Waals surface area contributed by atoms with Crippen LogP contribution in [0.3, 0.4) is 0 Å². The molecule has 0 bridgehead atoms. The van der Waals surface area contributed by atoms with Gasteiger partial charge in [0.15, 0.2) is 5.96 Å². The molecular weight excluding hydrogens is 352 g/mol. The van der Waals surface area contributed by atoms with E-state index in [9.17, 15) is 8.42 Å². The maximum atomic E-state index is 12.8. The van der Waals surface area contributed by atoms with Crippen molar-refractivity contribution in [2.45, 2.75) is 31.2 Å². The topological polar surface area (TPSA) is 88.2 Å². The second-order valence-corrected chi connectivity index (χ2v) is 8.97. The second-order valence-electron chi connectivity index (χ2n) is 7.03. The number of piperidine rings is 1. The van der Waals surface area contributed by atoms with Crippen LogP contribution in [0.2, 0.25) is 0 Å². The van der Waals surface area contributed by atoms with Gasteiger partial charge in [0.2, 0.25) is 10.0 Å². The van der Waals surface area contributed by atoms with E-state index in [1.807, 2.05) is 17.0 Å². The number of nitrogens with two attached hydrogens (primary N) is 1. The molecule has 1 atom stereocenters. The highest BCUT2D eigenvalue weighted by Gasteiger charge is 2.28. The van der Waals surface area contributed by atoms with Crippen LogP contribution in [-0.4, -0.2) is 63.0 Å². The van der Waals surface area contributed by atoms with Gasteiger partial charge in [-0.3, -0.25) is 0 Å². The lowest BCUT2D eigenvalue weighted by Gasteiger charge is -2.30. The Labute approximate surface area is 155 Å². The summed E-state index contributed by atoms with van der Waals surface area (Å²) in [7, 11) is -3.41. The fourth-order valence-corrected chi connectivity index (χ4v) is 4.94. The van der Waals surface area contributed by atoms with Crippen molar-refractivity contribution >= 4 is 16.0 Å². The average molecular weight is 381 g/mol. The summed E-state index contributed by atoms with van der Waals surface area (Å²) in [5.41, 5.74) is 6.96. The van der Waals surface area contributed by atoms with E-state index >= 15 is 0 Å². The van der Waals surface area contributed by atoms with E-state index in [2.05, 4.69) is 11.9 Å². The number of sulfonamides is 1. The third-order valence-electron chi connectivity index (χ3n) is 4.94. The largest absolute Gasteiger partial charge is 0.378 e. The summed E-state index contributed by atoms with van der Waals surface area (Å²) in [4.78, 5) is 6.76. The summed E-state index contributed by atoms with van der Waals surface area (Å²) in [6.45, 7) is 6.57. The number of nitrogens with zero attached hydrogens (tertiary/aromatic N) is 3. The first-order valence-corrected chi connectivity index (χ1v) is 10.6. The van der Waals surface area contributed by atoms with Gasteiger partial charge in [0.1, 0.15) is 0 Å². The monoisotopic (exact) mass is 380 g/mol. The first kappa shape index (κ1) is 19.1. The Kier molecular flexibility index (Phi) is 6.16. The molecule has 2 heterocycles. The quantitative estimate of drug-likeness (QED) is 0.627. The van der Waals surface area contributed by atoms with E-state index in [0.29, 0.717) is 49.6 Å². The average Bonchev–Trinajstić information content (AvgIpc) is 2.67. The minimum Gasteiger partial charge on any atom is -0.378 e. The highest BCUT2D eigenvalue weighted by Crippen LogP contribution is 2.23. The predicted molar refractivity (Wildman–Crippen MR) is 101 cm³/mol. The number of rotatable bonds is 4. The molecule has 0 aliphatic carbocycles. The van der Waals surface area contributed by atoms with Crippen LogP contribution in [0.4, 0.5) is 0 Å². The maximum absolute atomic E-state index is 12.8. The summed E-state index contributed by atoms with van der Waals surface area (Å²) >= 11 is 0. The van der Waals surface area contributed by atoms with Gasteiger partial charge in [-0.25, -0.2) is 13.4 Å². The van der Waals surface area contributed by atoms with Crippen molar-refractivity contribution in [3.8, 4) is 0 Å². The lowest BCUT2D eigenvalue weighted by atomic mass is 10.0. The molecule has 26 heavy (non-hydrogen) atoms. The Bertz CT molecular complexity index is 727. The van der Waals surface area contributed by atoms with Crippen molar-refractivity contribution in [2.75, 3.05) is 39.4 Å². The predicted octanol–water partition coefficient (Wildman–Crippen LogP) is 1.25.